The second-order valence-electron chi connectivity index (χ2n) is 3.69. The minimum atomic E-state index is -0.162. The van der Waals surface area contributed by atoms with E-state index in [0.29, 0.717) is 18.5 Å². The summed E-state index contributed by atoms with van der Waals surface area (Å²) in [5, 5.41) is 6.72. The Bertz CT molecular complexity index is 469. The van der Waals surface area contributed by atoms with Crippen molar-refractivity contribution in [3.05, 3.63) is 34.9 Å². The first-order valence-electron chi connectivity index (χ1n) is 5.30. The first kappa shape index (κ1) is 11.7. The maximum atomic E-state index is 6.05. The van der Waals surface area contributed by atoms with Gasteiger partial charge in [-0.1, -0.05) is 29.8 Å². The van der Waals surface area contributed by atoms with Crippen LogP contribution in [-0.4, -0.2) is 18.1 Å². The quantitative estimate of drug-likeness (QED) is 0.736. The van der Waals surface area contributed by atoms with E-state index >= 15 is 0 Å². The van der Waals surface area contributed by atoms with E-state index in [4.69, 9.17) is 17.3 Å². The summed E-state index contributed by atoms with van der Waals surface area (Å²) < 4.78 is 0. The summed E-state index contributed by atoms with van der Waals surface area (Å²) in [5.74, 6) is 0.985. The molecule has 0 spiro atoms. The van der Waals surface area contributed by atoms with Crippen molar-refractivity contribution >= 4 is 23.5 Å². The van der Waals surface area contributed by atoms with Crippen LogP contribution in [-0.2, 0) is 6.54 Å². The van der Waals surface area contributed by atoms with E-state index in [2.05, 4.69) is 20.6 Å². The van der Waals surface area contributed by atoms with Crippen LogP contribution in [0.2, 0.25) is 5.02 Å². The molecule has 1 aromatic carbocycles. The van der Waals surface area contributed by atoms with E-state index in [1.807, 2.05) is 31.2 Å². The third-order valence-electron chi connectivity index (χ3n) is 2.29. The largest absolute Gasteiger partial charge is 0.370 e. The molecule has 0 fully saturated rings. The monoisotopic (exact) mass is 251 g/mol. The van der Waals surface area contributed by atoms with Crippen molar-refractivity contribution in [1.82, 2.24) is 10.6 Å². The molecule has 0 saturated carbocycles. The van der Waals surface area contributed by atoms with Crippen molar-refractivity contribution < 1.29 is 0 Å². The fourth-order valence-electron chi connectivity index (χ4n) is 1.51. The summed E-state index contributed by atoms with van der Waals surface area (Å²) in [7, 11) is 0. The fraction of sp³-hybridized carbons (Fsp3) is 0.273. The zero-order valence-corrected chi connectivity index (χ0v) is 10.2. The third-order valence-corrected chi connectivity index (χ3v) is 2.66. The number of guanidine groups is 2. The summed E-state index contributed by atoms with van der Waals surface area (Å²) >= 11 is 6.05. The fourth-order valence-corrected chi connectivity index (χ4v) is 1.72. The lowest BCUT2D eigenvalue weighted by Crippen LogP contribution is -2.47. The van der Waals surface area contributed by atoms with Crippen LogP contribution in [0.5, 0.6) is 0 Å². The van der Waals surface area contributed by atoms with E-state index in [1.54, 1.807) is 0 Å². The minimum Gasteiger partial charge on any atom is -0.370 e. The number of nitrogens with two attached hydrogens (primary N) is 1. The van der Waals surface area contributed by atoms with E-state index in [-0.39, 0.29) is 6.17 Å². The molecular formula is C11H14ClN5. The molecule has 0 aromatic heterocycles. The molecular weight excluding hydrogens is 238 g/mol. The molecule has 5 nitrogen and oxygen atoms in total. The minimum absolute atomic E-state index is 0.162. The Morgan fingerprint density at radius 1 is 1.41 bits per heavy atom. The van der Waals surface area contributed by atoms with Gasteiger partial charge in [0.2, 0.25) is 5.96 Å². The van der Waals surface area contributed by atoms with Crippen LogP contribution in [0.3, 0.4) is 0 Å². The van der Waals surface area contributed by atoms with Crippen LogP contribution in [0.15, 0.2) is 34.3 Å². The number of hydrogen-bond acceptors (Lipinski definition) is 5. The molecule has 1 unspecified atom stereocenters. The number of aliphatic imine (C=N–C) groups is 2. The number of nitrogens with zero attached hydrogens (tertiary/aromatic N) is 2. The Kier molecular flexibility index (Phi) is 3.49. The molecule has 4 N–H and O–H groups in total. The smallest absolute Gasteiger partial charge is 0.200 e. The molecule has 0 radical (unpaired) electrons. The lowest BCUT2D eigenvalue weighted by atomic mass is 10.2. The van der Waals surface area contributed by atoms with Crippen molar-refractivity contribution in [2.45, 2.75) is 19.6 Å². The standard InChI is InChI=1S/C11H14ClN5/c1-7-15-10(13)17-11(16-7)14-6-8-4-2-3-5-9(8)12/h2-5,7H,6H2,1H3,(H4,13,14,15,16,17). The van der Waals surface area contributed by atoms with E-state index in [9.17, 15) is 0 Å². The third kappa shape index (κ3) is 3.10. The molecule has 6 heteroatoms. The van der Waals surface area contributed by atoms with Gasteiger partial charge in [-0.3, -0.25) is 5.32 Å². The van der Waals surface area contributed by atoms with Crippen molar-refractivity contribution in [2.24, 2.45) is 15.7 Å². The predicted molar refractivity (Wildman–Crippen MR) is 69.9 cm³/mol. The Labute approximate surface area is 105 Å². The van der Waals surface area contributed by atoms with Gasteiger partial charge in [0.15, 0.2) is 5.96 Å². The maximum Gasteiger partial charge on any atom is 0.200 e. The van der Waals surface area contributed by atoms with Crippen molar-refractivity contribution in [2.75, 3.05) is 0 Å². The molecule has 2 rings (SSSR count). The molecule has 17 heavy (non-hydrogen) atoms. The highest BCUT2D eigenvalue weighted by molar-refractivity contribution is 6.31. The van der Waals surface area contributed by atoms with Gasteiger partial charge in [0.25, 0.3) is 0 Å². The Morgan fingerprint density at radius 2 is 2.18 bits per heavy atom. The van der Waals surface area contributed by atoms with Crippen LogP contribution in [0.25, 0.3) is 0 Å². The average Bonchev–Trinajstić information content (AvgIpc) is 2.27. The Hall–Kier alpha value is -1.75. The molecule has 90 valence electrons. The molecule has 1 heterocycles. The molecule has 1 aromatic rings. The topological polar surface area (TPSA) is 74.8 Å². The van der Waals surface area contributed by atoms with Gasteiger partial charge in [0, 0.05) is 11.6 Å². The highest BCUT2D eigenvalue weighted by Gasteiger charge is 2.10. The zero-order chi connectivity index (χ0) is 12.3. The van der Waals surface area contributed by atoms with Crippen molar-refractivity contribution in [3.8, 4) is 0 Å². The average molecular weight is 252 g/mol. The lowest BCUT2D eigenvalue weighted by molar-refractivity contribution is 0.739. The van der Waals surface area contributed by atoms with Gasteiger partial charge < -0.3 is 11.1 Å². The highest BCUT2D eigenvalue weighted by atomic mass is 35.5. The Morgan fingerprint density at radius 3 is 2.88 bits per heavy atom. The first-order valence-corrected chi connectivity index (χ1v) is 5.68. The molecule has 0 amide bonds. The van der Waals surface area contributed by atoms with E-state index < -0.39 is 0 Å². The van der Waals surface area contributed by atoms with Crippen LogP contribution in [0.4, 0.5) is 0 Å². The second-order valence-corrected chi connectivity index (χ2v) is 4.10. The zero-order valence-electron chi connectivity index (χ0n) is 9.44. The summed E-state index contributed by atoms with van der Waals surface area (Å²) in [6.07, 6.45) is -0.162. The molecule has 0 aliphatic carbocycles. The van der Waals surface area contributed by atoms with Gasteiger partial charge in [-0.25, -0.2) is 9.98 Å². The van der Waals surface area contributed by atoms with Gasteiger partial charge in [0.1, 0.15) is 6.17 Å². The number of rotatable bonds is 2. The second kappa shape index (κ2) is 5.05. The SMILES string of the molecule is CC1N=C(N)NC(NCc2ccccc2Cl)=N1. The Balaban J connectivity index is 1.98. The molecule has 1 atom stereocenters. The van der Waals surface area contributed by atoms with E-state index in [0.717, 1.165) is 10.6 Å². The molecule has 0 bridgehead atoms. The maximum absolute atomic E-state index is 6.05. The summed E-state index contributed by atoms with van der Waals surface area (Å²) in [6.45, 7) is 2.45. The lowest BCUT2D eigenvalue weighted by Gasteiger charge is -2.18. The van der Waals surface area contributed by atoms with Crippen LogP contribution in [0.1, 0.15) is 12.5 Å². The van der Waals surface area contributed by atoms with E-state index in [1.165, 1.54) is 0 Å². The van der Waals surface area contributed by atoms with Gasteiger partial charge >= 0.3 is 0 Å². The van der Waals surface area contributed by atoms with Gasteiger partial charge in [-0.15, -0.1) is 0 Å². The predicted octanol–water partition coefficient (Wildman–Crippen LogP) is 1.05. The molecule has 0 saturated heterocycles. The van der Waals surface area contributed by atoms with Gasteiger partial charge in [-0.05, 0) is 18.6 Å². The molecule has 1 aliphatic heterocycles. The summed E-state index contributed by atoms with van der Waals surface area (Å²) in [6, 6.07) is 7.65. The summed E-state index contributed by atoms with van der Waals surface area (Å²) in [4.78, 5) is 8.30. The highest BCUT2D eigenvalue weighted by Crippen LogP contribution is 2.14. The van der Waals surface area contributed by atoms with Crippen LogP contribution < -0.4 is 16.4 Å². The molecule has 1 aliphatic rings. The van der Waals surface area contributed by atoms with Gasteiger partial charge in [0.05, 0.1) is 0 Å². The van der Waals surface area contributed by atoms with Gasteiger partial charge in [-0.2, -0.15) is 0 Å². The number of benzene rings is 1. The number of hydrogen-bond donors (Lipinski definition) is 3. The number of nitrogens with one attached hydrogen (secondary N) is 2. The summed E-state index contributed by atoms with van der Waals surface area (Å²) in [5.41, 5.74) is 6.61. The normalized spacial score (nSPS) is 19.1. The van der Waals surface area contributed by atoms with Crippen molar-refractivity contribution in [1.29, 1.82) is 0 Å². The van der Waals surface area contributed by atoms with Crippen LogP contribution in [0, 0.1) is 0 Å². The van der Waals surface area contributed by atoms with Crippen LogP contribution >= 0.6 is 11.6 Å². The number of halogens is 1. The van der Waals surface area contributed by atoms with Crippen molar-refractivity contribution in [3.63, 3.8) is 0 Å². The first-order chi connectivity index (χ1) is 8.15.